The minimum atomic E-state index is 0.181. The number of hydrogen-bond donors (Lipinski definition) is 2. The van der Waals surface area contributed by atoms with Crippen molar-refractivity contribution in [2.45, 2.75) is 25.8 Å². The molecule has 0 aliphatic rings. The molecule has 104 valence electrons. The van der Waals surface area contributed by atoms with Gasteiger partial charge in [0.25, 0.3) is 0 Å². The van der Waals surface area contributed by atoms with Crippen LogP contribution >= 0.6 is 0 Å². The topological polar surface area (TPSA) is 31.1 Å². The van der Waals surface area contributed by atoms with Crippen molar-refractivity contribution < 1.29 is 0 Å². The van der Waals surface area contributed by atoms with E-state index in [0.717, 1.165) is 19.5 Å². The molecule has 19 heavy (non-hydrogen) atoms. The number of likely N-dealkylation sites (N-methyl/N-ethyl adjacent to an activating group) is 2. The average Bonchev–Trinajstić information content (AvgIpc) is 2.79. The lowest BCUT2D eigenvalue weighted by atomic mass is 10.0. The highest BCUT2D eigenvalue weighted by Crippen LogP contribution is 2.19. The van der Waals surface area contributed by atoms with Crippen molar-refractivity contribution in [2.75, 3.05) is 27.2 Å². The number of benzene rings is 1. The SMILES string of the molecule is CNCC(C)(C)N(C)CCc1c[nH]c2ccccc12. The van der Waals surface area contributed by atoms with Gasteiger partial charge in [0, 0.05) is 35.7 Å². The van der Waals surface area contributed by atoms with Crippen LogP contribution in [0, 0.1) is 0 Å². The maximum absolute atomic E-state index is 3.34. The van der Waals surface area contributed by atoms with Gasteiger partial charge in [-0.3, -0.25) is 4.90 Å². The first-order chi connectivity index (χ1) is 9.04. The molecule has 0 saturated carbocycles. The van der Waals surface area contributed by atoms with Gasteiger partial charge in [0.15, 0.2) is 0 Å². The Morgan fingerprint density at radius 1 is 1.26 bits per heavy atom. The first-order valence-electron chi connectivity index (χ1n) is 6.95. The summed E-state index contributed by atoms with van der Waals surface area (Å²) in [5, 5.41) is 4.61. The maximum Gasteiger partial charge on any atom is 0.0456 e. The summed E-state index contributed by atoms with van der Waals surface area (Å²) in [5.74, 6) is 0. The van der Waals surface area contributed by atoms with E-state index in [2.05, 4.69) is 66.6 Å². The monoisotopic (exact) mass is 259 g/mol. The van der Waals surface area contributed by atoms with Gasteiger partial charge in [-0.15, -0.1) is 0 Å². The van der Waals surface area contributed by atoms with Crippen LogP contribution in [0.3, 0.4) is 0 Å². The largest absolute Gasteiger partial charge is 0.361 e. The van der Waals surface area contributed by atoms with E-state index in [1.165, 1.54) is 16.5 Å². The molecule has 1 aromatic heterocycles. The van der Waals surface area contributed by atoms with E-state index in [4.69, 9.17) is 0 Å². The van der Waals surface area contributed by atoms with E-state index in [9.17, 15) is 0 Å². The average molecular weight is 259 g/mol. The van der Waals surface area contributed by atoms with Gasteiger partial charge in [-0.2, -0.15) is 0 Å². The molecule has 0 bridgehead atoms. The fourth-order valence-electron chi connectivity index (χ4n) is 2.50. The smallest absolute Gasteiger partial charge is 0.0456 e. The van der Waals surface area contributed by atoms with Gasteiger partial charge in [-0.25, -0.2) is 0 Å². The summed E-state index contributed by atoms with van der Waals surface area (Å²) in [6.45, 7) is 6.62. The summed E-state index contributed by atoms with van der Waals surface area (Å²) in [6.07, 6.45) is 3.22. The van der Waals surface area contributed by atoms with Gasteiger partial charge >= 0.3 is 0 Å². The summed E-state index contributed by atoms with van der Waals surface area (Å²) < 4.78 is 0. The van der Waals surface area contributed by atoms with E-state index in [-0.39, 0.29) is 5.54 Å². The lowest BCUT2D eigenvalue weighted by Crippen LogP contribution is -2.48. The van der Waals surface area contributed by atoms with Crippen LogP contribution in [0.5, 0.6) is 0 Å². The number of H-pyrrole nitrogens is 1. The second kappa shape index (κ2) is 5.76. The van der Waals surface area contributed by atoms with Gasteiger partial charge in [-0.05, 0) is 46.0 Å². The zero-order valence-corrected chi connectivity index (χ0v) is 12.5. The third-order valence-corrected chi connectivity index (χ3v) is 4.03. The quantitative estimate of drug-likeness (QED) is 0.835. The Morgan fingerprint density at radius 2 is 2.00 bits per heavy atom. The Kier molecular flexibility index (Phi) is 4.27. The third kappa shape index (κ3) is 3.17. The van der Waals surface area contributed by atoms with Crippen molar-refractivity contribution in [3.63, 3.8) is 0 Å². The normalized spacial score (nSPS) is 12.5. The van der Waals surface area contributed by atoms with Crippen molar-refractivity contribution in [1.82, 2.24) is 15.2 Å². The Bertz CT molecular complexity index is 528. The predicted octanol–water partition coefficient (Wildman–Crippen LogP) is 2.64. The summed E-state index contributed by atoms with van der Waals surface area (Å²) in [5.41, 5.74) is 2.82. The van der Waals surface area contributed by atoms with Crippen molar-refractivity contribution >= 4 is 10.9 Å². The lowest BCUT2D eigenvalue weighted by molar-refractivity contribution is 0.157. The van der Waals surface area contributed by atoms with Gasteiger partial charge in [0.2, 0.25) is 0 Å². The van der Waals surface area contributed by atoms with Crippen molar-refractivity contribution in [1.29, 1.82) is 0 Å². The Morgan fingerprint density at radius 3 is 2.74 bits per heavy atom. The standard InChI is InChI=1S/C16H25N3/c1-16(2,12-17-3)19(4)10-9-13-11-18-15-8-6-5-7-14(13)15/h5-8,11,17-18H,9-10,12H2,1-4H3. The number of hydrogen-bond acceptors (Lipinski definition) is 2. The van der Waals surface area contributed by atoms with Gasteiger partial charge in [0.05, 0.1) is 0 Å². The van der Waals surface area contributed by atoms with Crippen molar-refractivity contribution in [2.24, 2.45) is 0 Å². The molecule has 0 unspecified atom stereocenters. The molecule has 0 radical (unpaired) electrons. The number of aromatic amines is 1. The fraction of sp³-hybridized carbons (Fsp3) is 0.500. The molecule has 2 aromatic rings. The molecule has 3 heteroatoms. The van der Waals surface area contributed by atoms with Crippen LogP contribution < -0.4 is 5.32 Å². The lowest BCUT2D eigenvalue weighted by Gasteiger charge is -2.35. The minimum absolute atomic E-state index is 0.181. The van der Waals surface area contributed by atoms with E-state index in [1.54, 1.807) is 0 Å². The first-order valence-corrected chi connectivity index (χ1v) is 6.95. The van der Waals surface area contributed by atoms with Crippen molar-refractivity contribution in [3.8, 4) is 0 Å². The highest BCUT2D eigenvalue weighted by Gasteiger charge is 2.22. The molecule has 2 N–H and O–H groups in total. The van der Waals surface area contributed by atoms with Crippen LogP contribution in [-0.2, 0) is 6.42 Å². The molecule has 0 fully saturated rings. The number of rotatable bonds is 6. The second-order valence-electron chi connectivity index (χ2n) is 5.87. The Hall–Kier alpha value is -1.32. The van der Waals surface area contributed by atoms with E-state index < -0.39 is 0 Å². The summed E-state index contributed by atoms with van der Waals surface area (Å²) >= 11 is 0. The minimum Gasteiger partial charge on any atom is -0.361 e. The van der Waals surface area contributed by atoms with Crippen LogP contribution in [0.25, 0.3) is 10.9 Å². The second-order valence-corrected chi connectivity index (χ2v) is 5.87. The predicted molar refractivity (Wildman–Crippen MR) is 82.6 cm³/mol. The molecular weight excluding hydrogens is 234 g/mol. The van der Waals surface area contributed by atoms with E-state index in [0.29, 0.717) is 0 Å². The zero-order valence-electron chi connectivity index (χ0n) is 12.5. The van der Waals surface area contributed by atoms with Crippen LogP contribution in [0.1, 0.15) is 19.4 Å². The fourth-order valence-corrected chi connectivity index (χ4v) is 2.50. The molecule has 0 aliphatic heterocycles. The molecule has 1 heterocycles. The number of nitrogens with zero attached hydrogens (tertiary/aromatic N) is 1. The molecular formula is C16H25N3. The highest BCUT2D eigenvalue weighted by molar-refractivity contribution is 5.83. The van der Waals surface area contributed by atoms with E-state index in [1.807, 2.05) is 7.05 Å². The molecule has 0 saturated heterocycles. The van der Waals surface area contributed by atoms with Gasteiger partial charge in [0.1, 0.15) is 0 Å². The molecule has 3 nitrogen and oxygen atoms in total. The van der Waals surface area contributed by atoms with Crippen LogP contribution in [0.2, 0.25) is 0 Å². The van der Waals surface area contributed by atoms with E-state index >= 15 is 0 Å². The summed E-state index contributed by atoms with van der Waals surface area (Å²) in [6, 6.07) is 8.51. The van der Waals surface area contributed by atoms with Crippen molar-refractivity contribution in [3.05, 3.63) is 36.0 Å². The Balaban J connectivity index is 2.02. The molecule has 0 amide bonds. The summed E-state index contributed by atoms with van der Waals surface area (Å²) in [7, 11) is 4.21. The molecule has 0 atom stereocenters. The summed E-state index contributed by atoms with van der Waals surface area (Å²) in [4.78, 5) is 5.77. The van der Waals surface area contributed by atoms with Crippen LogP contribution in [0.4, 0.5) is 0 Å². The maximum atomic E-state index is 3.34. The highest BCUT2D eigenvalue weighted by atomic mass is 15.2. The molecule has 1 aromatic carbocycles. The van der Waals surface area contributed by atoms with Crippen LogP contribution in [-0.4, -0.2) is 42.6 Å². The number of fused-ring (bicyclic) bond motifs is 1. The number of para-hydroxylation sites is 1. The molecule has 0 spiro atoms. The first kappa shape index (κ1) is 14.1. The van der Waals surface area contributed by atoms with Crippen LogP contribution in [0.15, 0.2) is 30.5 Å². The van der Waals surface area contributed by atoms with Gasteiger partial charge < -0.3 is 10.3 Å². The zero-order chi connectivity index (χ0) is 13.9. The molecule has 0 aliphatic carbocycles. The molecule has 2 rings (SSSR count). The Labute approximate surface area is 116 Å². The van der Waals surface area contributed by atoms with Gasteiger partial charge in [-0.1, -0.05) is 18.2 Å². The number of nitrogens with one attached hydrogen (secondary N) is 2. The third-order valence-electron chi connectivity index (χ3n) is 4.03. The number of aromatic nitrogens is 1.